The summed E-state index contributed by atoms with van der Waals surface area (Å²) in [5, 5.41) is 2.99. The zero-order chi connectivity index (χ0) is 19.4. The van der Waals surface area contributed by atoms with Crippen molar-refractivity contribution in [2.75, 3.05) is 18.5 Å². The van der Waals surface area contributed by atoms with Crippen LogP contribution in [-0.2, 0) is 22.5 Å². The van der Waals surface area contributed by atoms with E-state index in [1.807, 2.05) is 35.2 Å². The summed E-state index contributed by atoms with van der Waals surface area (Å²) in [7, 11) is 0. The van der Waals surface area contributed by atoms with E-state index in [1.54, 1.807) is 6.92 Å². The molecule has 0 spiro atoms. The fourth-order valence-corrected chi connectivity index (χ4v) is 3.62. The van der Waals surface area contributed by atoms with E-state index in [4.69, 9.17) is 4.74 Å². The monoisotopic (exact) mass is 369 g/mol. The van der Waals surface area contributed by atoms with Crippen LogP contribution in [0.4, 0.5) is 10.5 Å². The molecule has 0 fully saturated rings. The second kappa shape index (κ2) is 8.29. The average molecular weight is 369 g/mol. The van der Waals surface area contributed by atoms with E-state index in [2.05, 4.69) is 36.0 Å². The molecule has 6 nitrogen and oxygen atoms in total. The van der Waals surface area contributed by atoms with Crippen molar-refractivity contribution in [3.63, 3.8) is 0 Å². The van der Waals surface area contributed by atoms with Gasteiger partial charge in [0.05, 0.1) is 19.1 Å². The molecule has 0 saturated heterocycles. The number of amides is 2. The van der Waals surface area contributed by atoms with Gasteiger partial charge in [-0.1, -0.05) is 26.0 Å². The van der Waals surface area contributed by atoms with E-state index in [0.29, 0.717) is 19.1 Å². The van der Waals surface area contributed by atoms with Crippen molar-refractivity contribution >= 4 is 17.7 Å². The van der Waals surface area contributed by atoms with Gasteiger partial charge >= 0.3 is 12.0 Å². The maximum Gasteiger partial charge on any atom is 0.322 e. The Labute approximate surface area is 160 Å². The molecule has 1 N–H and O–H groups in total. The van der Waals surface area contributed by atoms with E-state index in [0.717, 1.165) is 17.8 Å². The summed E-state index contributed by atoms with van der Waals surface area (Å²) in [6.45, 7) is 7.92. The third-order valence-corrected chi connectivity index (χ3v) is 4.84. The van der Waals surface area contributed by atoms with Crippen LogP contribution in [0.3, 0.4) is 0 Å². The SMILES string of the molecule is CCOC(=O)Cc1ccc(NC(=O)N2CCn3cccc3[C@H]2C(C)C)cc1. The Balaban J connectivity index is 1.67. The quantitative estimate of drug-likeness (QED) is 0.815. The van der Waals surface area contributed by atoms with Crippen molar-refractivity contribution in [1.82, 2.24) is 9.47 Å². The summed E-state index contributed by atoms with van der Waals surface area (Å²) in [4.78, 5) is 26.4. The van der Waals surface area contributed by atoms with Gasteiger partial charge in [-0.3, -0.25) is 4.79 Å². The van der Waals surface area contributed by atoms with Gasteiger partial charge in [-0.15, -0.1) is 0 Å². The smallest absolute Gasteiger partial charge is 0.322 e. The predicted molar refractivity (Wildman–Crippen MR) is 105 cm³/mol. The summed E-state index contributed by atoms with van der Waals surface area (Å²) in [5.41, 5.74) is 2.76. The van der Waals surface area contributed by atoms with Crippen molar-refractivity contribution in [3.8, 4) is 0 Å². The number of ether oxygens (including phenoxy) is 1. The van der Waals surface area contributed by atoms with E-state index < -0.39 is 0 Å². The van der Waals surface area contributed by atoms with E-state index in [1.165, 1.54) is 5.69 Å². The number of rotatable bonds is 5. The lowest BCUT2D eigenvalue weighted by molar-refractivity contribution is -0.142. The molecule has 1 aliphatic heterocycles. The largest absolute Gasteiger partial charge is 0.466 e. The molecule has 144 valence electrons. The molecule has 2 heterocycles. The molecule has 0 saturated carbocycles. The number of urea groups is 1. The second-order valence-electron chi connectivity index (χ2n) is 7.12. The van der Waals surface area contributed by atoms with Crippen LogP contribution < -0.4 is 5.32 Å². The van der Waals surface area contributed by atoms with E-state index in [9.17, 15) is 9.59 Å². The maximum absolute atomic E-state index is 12.9. The first-order chi connectivity index (χ1) is 13.0. The van der Waals surface area contributed by atoms with Gasteiger partial charge in [0.1, 0.15) is 0 Å². The second-order valence-corrected chi connectivity index (χ2v) is 7.12. The molecular weight excluding hydrogens is 342 g/mol. The molecule has 1 aliphatic rings. The van der Waals surface area contributed by atoms with E-state index in [-0.39, 0.29) is 24.5 Å². The molecular formula is C21H27N3O3. The fraction of sp³-hybridized carbons (Fsp3) is 0.429. The predicted octanol–water partition coefficient (Wildman–Crippen LogP) is 3.84. The fourth-order valence-electron chi connectivity index (χ4n) is 3.62. The van der Waals surface area contributed by atoms with Gasteiger partial charge in [0.2, 0.25) is 0 Å². The summed E-state index contributed by atoms with van der Waals surface area (Å²) in [6.07, 6.45) is 2.31. The number of carbonyl (C=O) groups excluding carboxylic acids is 2. The van der Waals surface area contributed by atoms with Crippen LogP contribution in [-0.4, -0.2) is 34.6 Å². The van der Waals surface area contributed by atoms with Gasteiger partial charge in [-0.2, -0.15) is 0 Å². The lowest BCUT2D eigenvalue weighted by Crippen LogP contribution is -2.45. The zero-order valence-electron chi connectivity index (χ0n) is 16.1. The standard InChI is InChI=1S/C21H27N3O3/c1-4-27-19(25)14-16-7-9-17(10-8-16)22-21(26)24-13-12-23-11-5-6-18(23)20(24)15(2)3/h5-11,15,20H,4,12-14H2,1-3H3,(H,22,26)/t20-/m1/s1. The highest BCUT2D eigenvalue weighted by Crippen LogP contribution is 2.32. The molecule has 1 atom stereocenters. The first-order valence-electron chi connectivity index (χ1n) is 9.46. The first-order valence-corrected chi connectivity index (χ1v) is 9.46. The molecule has 2 amide bonds. The van der Waals surface area contributed by atoms with Crippen LogP contribution in [0.15, 0.2) is 42.6 Å². The van der Waals surface area contributed by atoms with Crippen LogP contribution in [0.25, 0.3) is 0 Å². The molecule has 0 unspecified atom stereocenters. The lowest BCUT2D eigenvalue weighted by Gasteiger charge is -2.39. The van der Waals surface area contributed by atoms with Crippen LogP contribution in [0.5, 0.6) is 0 Å². The Hall–Kier alpha value is -2.76. The Morgan fingerprint density at radius 3 is 2.59 bits per heavy atom. The highest BCUT2D eigenvalue weighted by molar-refractivity contribution is 5.89. The molecule has 1 aromatic heterocycles. The van der Waals surface area contributed by atoms with Crippen molar-refractivity contribution < 1.29 is 14.3 Å². The summed E-state index contributed by atoms with van der Waals surface area (Å²) in [5.74, 6) is 0.0713. The average Bonchev–Trinajstić information content (AvgIpc) is 3.11. The molecule has 2 aromatic rings. The number of aromatic nitrogens is 1. The minimum Gasteiger partial charge on any atom is -0.466 e. The number of hydrogen-bond donors (Lipinski definition) is 1. The third kappa shape index (κ3) is 4.32. The highest BCUT2D eigenvalue weighted by atomic mass is 16.5. The minimum atomic E-state index is -0.245. The molecule has 3 rings (SSSR count). The molecule has 1 aromatic carbocycles. The van der Waals surface area contributed by atoms with Crippen LogP contribution >= 0.6 is 0 Å². The maximum atomic E-state index is 12.9. The van der Waals surface area contributed by atoms with Gasteiger partial charge in [-0.25, -0.2) is 4.79 Å². The highest BCUT2D eigenvalue weighted by Gasteiger charge is 2.32. The number of hydrogen-bond acceptors (Lipinski definition) is 3. The van der Waals surface area contributed by atoms with Crippen molar-refractivity contribution in [2.45, 2.75) is 39.8 Å². The third-order valence-electron chi connectivity index (χ3n) is 4.84. The molecule has 0 radical (unpaired) electrons. The van der Waals surface area contributed by atoms with Gasteiger partial charge in [0.15, 0.2) is 0 Å². The molecule has 27 heavy (non-hydrogen) atoms. The van der Waals surface area contributed by atoms with Crippen molar-refractivity contribution in [3.05, 3.63) is 53.9 Å². The van der Waals surface area contributed by atoms with Gasteiger partial charge in [-0.05, 0) is 42.7 Å². The number of fused-ring (bicyclic) bond motifs is 1. The topological polar surface area (TPSA) is 63.6 Å². The van der Waals surface area contributed by atoms with Crippen LogP contribution in [0.2, 0.25) is 0 Å². The molecule has 0 bridgehead atoms. The lowest BCUT2D eigenvalue weighted by atomic mass is 9.97. The zero-order valence-corrected chi connectivity index (χ0v) is 16.1. The number of carbonyl (C=O) groups is 2. The van der Waals surface area contributed by atoms with E-state index >= 15 is 0 Å². The normalized spacial score (nSPS) is 16.1. The Bertz CT molecular complexity index is 795. The van der Waals surface area contributed by atoms with Gasteiger partial charge in [0, 0.05) is 30.7 Å². The van der Waals surface area contributed by atoms with Crippen molar-refractivity contribution in [1.29, 1.82) is 0 Å². The van der Waals surface area contributed by atoms with Gasteiger partial charge < -0.3 is 19.5 Å². The summed E-state index contributed by atoms with van der Waals surface area (Å²) >= 11 is 0. The van der Waals surface area contributed by atoms with Crippen LogP contribution in [0, 0.1) is 5.92 Å². The molecule has 0 aliphatic carbocycles. The van der Waals surface area contributed by atoms with Crippen LogP contribution in [0.1, 0.15) is 38.1 Å². The first kappa shape index (κ1) is 19.0. The molecule has 6 heteroatoms. The Kier molecular flexibility index (Phi) is 5.84. The summed E-state index contributed by atoms with van der Waals surface area (Å²) < 4.78 is 7.18. The summed E-state index contributed by atoms with van der Waals surface area (Å²) in [6, 6.07) is 11.4. The Morgan fingerprint density at radius 1 is 1.19 bits per heavy atom. The number of nitrogens with zero attached hydrogens (tertiary/aromatic N) is 2. The van der Waals surface area contributed by atoms with Gasteiger partial charge in [0.25, 0.3) is 0 Å². The number of benzene rings is 1. The number of anilines is 1. The Morgan fingerprint density at radius 2 is 1.93 bits per heavy atom. The van der Waals surface area contributed by atoms with Crippen molar-refractivity contribution in [2.24, 2.45) is 5.92 Å². The number of esters is 1. The minimum absolute atomic E-state index is 0.0526. The number of nitrogens with one attached hydrogen (secondary N) is 1.